The number of hydrogen-bond donors (Lipinski definition) is 2. The van der Waals surface area contributed by atoms with Crippen molar-refractivity contribution in [3.63, 3.8) is 0 Å². The fourth-order valence-corrected chi connectivity index (χ4v) is 4.76. The summed E-state index contributed by atoms with van der Waals surface area (Å²) in [6.07, 6.45) is 7.90. The van der Waals surface area contributed by atoms with Gasteiger partial charge in [-0.05, 0) is 74.1 Å². The van der Waals surface area contributed by atoms with Crippen molar-refractivity contribution in [1.29, 1.82) is 0 Å². The molecule has 0 aromatic heterocycles. The molecule has 4 rings (SSSR count). The third-order valence-corrected chi connectivity index (χ3v) is 6.92. The van der Waals surface area contributed by atoms with Crippen LogP contribution in [-0.4, -0.2) is 30.9 Å². The molecule has 1 aliphatic heterocycles. The molecule has 2 amide bonds. The summed E-state index contributed by atoms with van der Waals surface area (Å²) in [5.41, 5.74) is 2.73. The molecule has 0 spiro atoms. The molecule has 1 heterocycles. The van der Waals surface area contributed by atoms with Crippen LogP contribution >= 0.6 is 11.6 Å². The molecule has 2 aliphatic rings. The van der Waals surface area contributed by atoms with Crippen molar-refractivity contribution in [3.05, 3.63) is 58.6 Å². The molecule has 0 bridgehead atoms. The SMILES string of the molecule is CC1CCN(c2ccc(NC(=O)c3ccc(Cl)cc3)cc2C(=O)NC2CCCCC2)CC1. The molecular formula is C26H32ClN3O2. The van der Waals surface area contributed by atoms with Gasteiger partial charge in [0.05, 0.1) is 5.56 Å². The van der Waals surface area contributed by atoms with Gasteiger partial charge in [-0.1, -0.05) is 37.8 Å². The summed E-state index contributed by atoms with van der Waals surface area (Å²) in [5.74, 6) is 0.441. The average Bonchev–Trinajstić information content (AvgIpc) is 2.81. The summed E-state index contributed by atoms with van der Waals surface area (Å²) < 4.78 is 0. The van der Waals surface area contributed by atoms with Crippen molar-refractivity contribution in [2.45, 2.75) is 57.9 Å². The first-order chi connectivity index (χ1) is 15.5. The third kappa shape index (κ3) is 5.63. The van der Waals surface area contributed by atoms with E-state index in [0.29, 0.717) is 27.8 Å². The summed E-state index contributed by atoms with van der Waals surface area (Å²) in [4.78, 5) is 28.3. The highest BCUT2D eigenvalue weighted by molar-refractivity contribution is 6.30. The Morgan fingerprint density at radius 3 is 2.28 bits per heavy atom. The Bertz CT molecular complexity index is 946. The van der Waals surface area contributed by atoms with Crippen LogP contribution < -0.4 is 15.5 Å². The molecule has 0 atom stereocenters. The standard InChI is InChI=1S/C26H32ClN3O2/c1-18-13-15-30(16-14-18)24-12-11-22(29-25(31)19-7-9-20(27)10-8-19)17-23(24)26(32)28-21-5-3-2-4-6-21/h7-12,17-18,21H,2-6,13-16H2,1H3,(H,28,32)(H,29,31). The van der Waals surface area contributed by atoms with Gasteiger partial charge in [0.25, 0.3) is 11.8 Å². The van der Waals surface area contributed by atoms with Crippen molar-refractivity contribution in [3.8, 4) is 0 Å². The molecule has 32 heavy (non-hydrogen) atoms. The lowest BCUT2D eigenvalue weighted by molar-refractivity contribution is 0.0927. The molecule has 2 aromatic rings. The number of halogens is 1. The number of rotatable bonds is 5. The molecule has 0 radical (unpaired) electrons. The summed E-state index contributed by atoms with van der Waals surface area (Å²) in [5, 5.41) is 6.77. The average molecular weight is 454 g/mol. The monoisotopic (exact) mass is 453 g/mol. The van der Waals surface area contributed by atoms with E-state index in [4.69, 9.17) is 11.6 Å². The van der Waals surface area contributed by atoms with Crippen LogP contribution in [0, 0.1) is 5.92 Å². The summed E-state index contributed by atoms with van der Waals surface area (Å²) in [7, 11) is 0. The van der Waals surface area contributed by atoms with Crippen LogP contribution in [0.1, 0.15) is 72.6 Å². The maximum absolute atomic E-state index is 13.3. The van der Waals surface area contributed by atoms with Crippen LogP contribution in [0.2, 0.25) is 5.02 Å². The molecular weight excluding hydrogens is 422 g/mol. The Labute approximate surface area is 195 Å². The Hall–Kier alpha value is -2.53. The van der Waals surface area contributed by atoms with Gasteiger partial charge < -0.3 is 15.5 Å². The summed E-state index contributed by atoms with van der Waals surface area (Å²) >= 11 is 5.93. The second-order valence-electron chi connectivity index (χ2n) is 9.17. The van der Waals surface area contributed by atoms with E-state index >= 15 is 0 Å². The second-order valence-corrected chi connectivity index (χ2v) is 9.61. The van der Waals surface area contributed by atoms with E-state index < -0.39 is 0 Å². The minimum Gasteiger partial charge on any atom is -0.371 e. The highest BCUT2D eigenvalue weighted by Crippen LogP contribution is 2.29. The van der Waals surface area contributed by atoms with Crippen molar-refractivity contribution in [2.75, 3.05) is 23.3 Å². The van der Waals surface area contributed by atoms with Crippen molar-refractivity contribution in [1.82, 2.24) is 5.32 Å². The molecule has 1 saturated carbocycles. The van der Waals surface area contributed by atoms with Crippen molar-refractivity contribution in [2.24, 2.45) is 5.92 Å². The topological polar surface area (TPSA) is 61.4 Å². The number of hydrogen-bond acceptors (Lipinski definition) is 3. The lowest BCUT2D eigenvalue weighted by atomic mass is 9.95. The number of benzene rings is 2. The van der Waals surface area contributed by atoms with Crippen molar-refractivity contribution >= 4 is 34.8 Å². The number of amides is 2. The first-order valence-corrected chi connectivity index (χ1v) is 12.1. The number of carbonyl (C=O) groups is 2. The zero-order chi connectivity index (χ0) is 22.5. The molecule has 1 saturated heterocycles. The van der Waals surface area contributed by atoms with Crippen LogP contribution in [0.15, 0.2) is 42.5 Å². The number of nitrogens with zero attached hydrogens (tertiary/aromatic N) is 1. The van der Waals surface area contributed by atoms with E-state index in [-0.39, 0.29) is 17.9 Å². The molecule has 2 aromatic carbocycles. The van der Waals surface area contributed by atoms with Gasteiger partial charge in [0.15, 0.2) is 0 Å². The summed E-state index contributed by atoms with van der Waals surface area (Å²) in [6, 6.07) is 12.7. The second kappa shape index (κ2) is 10.4. The number of nitrogens with one attached hydrogen (secondary N) is 2. The highest BCUT2D eigenvalue weighted by atomic mass is 35.5. The van der Waals surface area contributed by atoms with Gasteiger partial charge in [0.2, 0.25) is 0 Å². The van der Waals surface area contributed by atoms with Gasteiger partial charge in [0, 0.05) is 41.1 Å². The molecule has 0 unspecified atom stereocenters. The van der Waals surface area contributed by atoms with E-state index in [1.165, 1.54) is 19.3 Å². The fourth-order valence-electron chi connectivity index (χ4n) is 4.64. The summed E-state index contributed by atoms with van der Waals surface area (Å²) in [6.45, 7) is 4.17. The third-order valence-electron chi connectivity index (χ3n) is 6.67. The Balaban J connectivity index is 1.56. The largest absolute Gasteiger partial charge is 0.371 e. The lowest BCUT2D eigenvalue weighted by Gasteiger charge is -2.34. The van der Waals surface area contributed by atoms with E-state index in [2.05, 4.69) is 22.5 Å². The lowest BCUT2D eigenvalue weighted by Crippen LogP contribution is -2.38. The Morgan fingerprint density at radius 1 is 0.906 bits per heavy atom. The minimum atomic E-state index is -0.222. The first kappa shape index (κ1) is 22.7. The molecule has 1 aliphatic carbocycles. The van der Waals surface area contributed by atoms with Crippen molar-refractivity contribution < 1.29 is 9.59 Å². The zero-order valence-corrected chi connectivity index (χ0v) is 19.5. The van der Waals surface area contributed by atoms with E-state index in [1.807, 2.05) is 18.2 Å². The maximum atomic E-state index is 13.3. The van der Waals surface area contributed by atoms with Gasteiger partial charge in [0.1, 0.15) is 0 Å². The number of anilines is 2. The first-order valence-electron chi connectivity index (χ1n) is 11.8. The predicted octanol–water partition coefficient (Wildman–Crippen LogP) is 5.89. The molecule has 2 fully saturated rings. The van der Waals surface area contributed by atoms with Crippen LogP contribution in [0.5, 0.6) is 0 Å². The smallest absolute Gasteiger partial charge is 0.255 e. The molecule has 6 heteroatoms. The van der Waals surface area contributed by atoms with Gasteiger partial charge in [-0.25, -0.2) is 0 Å². The fraction of sp³-hybridized carbons (Fsp3) is 0.462. The quantitative estimate of drug-likeness (QED) is 0.593. The minimum absolute atomic E-state index is 0.0480. The van der Waals surface area contributed by atoms with Crippen LogP contribution in [0.4, 0.5) is 11.4 Å². The number of piperidine rings is 1. The normalized spacial score (nSPS) is 17.8. The van der Waals surface area contributed by atoms with Crippen LogP contribution in [0.25, 0.3) is 0 Å². The Kier molecular flexibility index (Phi) is 7.36. The van der Waals surface area contributed by atoms with Gasteiger partial charge in [-0.2, -0.15) is 0 Å². The van der Waals surface area contributed by atoms with E-state index in [9.17, 15) is 9.59 Å². The Morgan fingerprint density at radius 2 is 1.59 bits per heavy atom. The predicted molar refractivity (Wildman–Crippen MR) is 131 cm³/mol. The van der Waals surface area contributed by atoms with Gasteiger partial charge in [-0.15, -0.1) is 0 Å². The van der Waals surface area contributed by atoms with Crippen LogP contribution in [-0.2, 0) is 0 Å². The number of carbonyl (C=O) groups excluding carboxylic acids is 2. The van der Waals surface area contributed by atoms with E-state index in [0.717, 1.165) is 44.5 Å². The van der Waals surface area contributed by atoms with E-state index in [1.54, 1.807) is 24.3 Å². The molecule has 5 nitrogen and oxygen atoms in total. The molecule has 2 N–H and O–H groups in total. The maximum Gasteiger partial charge on any atom is 0.255 e. The van der Waals surface area contributed by atoms with Gasteiger partial charge in [-0.3, -0.25) is 9.59 Å². The van der Waals surface area contributed by atoms with Crippen LogP contribution in [0.3, 0.4) is 0 Å². The molecule has 170 valence electrons. The highest BCUT2D eigenvalue weighted by Gasteiger charge is 2.24. The van der Waals surface area contributed by atoms with Gasteiger partial charge >= 0.3 is 0 Å². The zero-order valence-electron chi connectivity index (χ0n) is 18.7.